The number of rotatable bonds is 5. The first kappa shape index (κ1) is 21.4. The Labute approximate surface area is 169 Å². The molecule has 3 nitrogen and oxygen atoms in total. The Morgan fingerprint density at radius 3 is 2.21 bits per heavy atom. The molecular formula is C23H26F3NO2. The number of ether oxygens (including phenoxy) is 1. The van der Waals surface area contributed by atoms with Gasteiger partial charge in [0.05, 0.1) is 11.1 Å². The molecule has 0 bridgehead atoms. The monoisotopic (exact) mass is 405 g/mol. The van der Waals surface area contributed by atoms with Crippen LogP contribution in [0.3, 0.4) is 0 Å². The molecule has 6 heteroatoms. The lowest BCUT2D eigenvalue weighted by atomic mass is 9.78. The summed E-state index contributed by atoms with van der Waals surface area (Å²) in [6.07, 6.45) is -0.971. The van der Waals surface area contributed by atoms with Gasteiger partial charge in [-0.3, -0.25) is 0 Å². The van der Waals surface area contributed by atoms with E-state index in [9.17, 15) is 18.0 Å². The second kappa shape index (κ2) is 8.99. The minimum Gasteiger partial charge on any atom is -0.458 e. The van der Waals surface area contributed by atoms with Crippen molar-refractivity contribution in [1.82, 2.24) is 4.90 Å². The molecule has 0 amide bonds. The maximum Gasteiger partial charge on any atom is 0.416 e. The minimum atomic E-state index is -4.43. The summed E-state index contributed by atoms with van der Waals surface area (Å²) in [7, 11) is 4.03. The van der Waals surface area contributed by atoms with Crippen LogP contribution in [0.4, 0.5) is 13.2 Å². The van der Waals surface area contributed by atoms with Gasteiger partial charge in [-0.2, -0.15) is 13.2 Å². The molecule has 1 aliphatic rings. The number of carbonyl (C=O) groups excluding carboxylic acids is 1. The molecule has 0 aliphatic heterocycles. The average molecular weight is 405 g/mol. The maximum absolute atomic E-state index is 12.7. The largest absolute Gasteiger partial charge is 0.458 e. The van der Waals surface area contributed by atoms with E-state index in [-0.39, 0.29) is 23.6 Å². The fourth-order valence-electron chi connectivity index (χ4n) is 4.21. The Balaban J connectivity index is 1.78. The molecule has 1 fully saturated rings. The molecule has 29 heavy (non-hydrogen) atoms. The van der Waals surface area contributed by atoms with E-state index in [1.807, 2.05) is 32.3 Å². The van der Waals surface area contributed by atoms with Crippen molar-refractivity contribution in [3.63, 3.8) is 0 Å². The van der Waals surface area contributed by atoms with E-state index >= 15 is 0 Å². The first-order chi connectivity index (χ1) is 13.8. The highest BCUT2D eigenvalue weighted by atomic mass is 19.4. The van der Waals surface area contributed by atoms with Gasteiger partial charge in [0.2, 0.25) is 0 Å². The molecule has 0 unspecified atom stereocenters. The van der Waals surface area contributed by atoms with E-state index in [0.717, 1.165) is 37.8 Å². The molecule has 2 aromatic carbocycles. The van der Waals surface area contributed by atoms with Gasteiger partial charge in [0.25, 0.3) is 0 Å². The molecule has 0 N–H and O–H groups in total. The third kappa shape index (κ3) is 5.18. The highest BCUT2D eigenvalue weighted by molar-refractivity contribution is 5.89. The molecule has 0 spiro atoms. The first-order valence-electron chi connectivity index (χ1n) is 9.87. The lowest BCUT2D eigenvalue weighted by molar-refractivity contribution is -0.137. The zero-order valence-corrected chi connectivity index (χ0v) is 16.7. The summed E-state index contributed by atoms with van der Waals surface area (Å²) in [5, 5.41) is 0. The van der Waals surface area contributed by atoms with Gasteiger partial charge in [-0.05, 0) is 63.2 Å². The summed E-state index contributed by atoms with van der Waals surface area (Å²) in [6.45, 7) is 0. The lowest BCUT2D eigenvalue weighted by Gasteiger charge is -2.40. The van der Waals surface area contributed by atoms with Crippen molar-refractivity contribution >= 4 is 5.97 Å². The number of hydrogen-bond donors (Lipinski definition) is 0. The number of alkyl halides is 3. The summed E-state index contributed by atoms with van der Waals surface area (Å²) >= 11 is 0. The maximum atomic E-state index is 12.7. The SMILES string of the molecule is CN(C)[C@H](c1ccccc1)[C@H]1CCCC[C@H]1OC(=O)c1ccc(C(F)(F)F)cc1. The highest BCUT2D eigenvalue weighted by Gasteiger charge is 2.36. The van der Waals surface area contributed by atoms with Crippen molar-refractivity contribution in [3.8, 4) is 0 Å². The number of nitrogens with zero attached hydrogens (tertiary/aromatic N) is 1. The van der Waals surface area contributed by atoms with Crippen molar-refractivity contribution in [2.75, 3.05) is 14.1 Å². The predicted octanol–water partition coefficient (Wildman–Crippen LogP) is 5.72. The van der Waals surface area contributed by atoms with Crippen LogP contribution < -0.4 is 0 Å². The predicted molar refractivity (Wildman–Crippen MR) is 105 cm³/mol. The van der Waals surface area contributed by atoms with Crippen LogP contribution in [0.5, 0.6) is 0 Å². The zero-order chi connectivity index (χ0) is 21.0. The zero-order valence-electron chi connectivity index (χ0n) is 16.7. The second-order valence-electron chi connectivity index (χ2n) is 7.79. The van der Waals surface area contributed by atoms with Gasteiger partial charge in [-0.15, -0.1) is 0 Å². The quantitative estimate of drug-likeness (QED) is 0.596. The Hall–Kier alpha value is -2.34. The highest BCUT2D eigenvalue weighted by Crippen LogP contribution is 2.39. The summed E-state index contributed by atoms with van der Waals surface area (Å²) < 4.78 is 44.1. The van der Waals surface area contributed by atoms with Crippen LogP contribution in [0.25, 0.3) is 0 Å². The topological polar surface area (TPSA) is 29.5 Å². The minimum absolute atomic E-state index is 0.0990. The Morgan fingerprint density at radius 2 is 1.62 bits per heavy atom. The number of benzene rings is 2. The molecule has 0 radical (unpaired) electrons. The van der Waals surface area contributed by atoms with Gasteiger partial charge in [-0.25, -0.2) is 4.79 Å². The first-order valence-corrected chi connectivity index (χ1v) is 9.87. The molecular weight excluding hydrogens is 379 g/mol. The molecule has 1 aliphatic carbocycles. The Bertz CT molecular complexity index is 803. The van der Waals surface area contributed by atoms with Crippen LogP contribution >= 0.6 is 0 Å². The molecule has 3 rings (SSSR count). The molecule has 3 atom stereocenters. The number of halogens is 3. The molecule has 0 heterocycles. The number of hydrogen-bond acceptors (Lipinski definition) is 3. The molecule has 0 aromatic heterocycles. The van der Waals surface area contributed by atoms with Crippen molar-refractivity contribution in [2.24, 2.45) is 5.92 Å². The third-order valence-corrected chi connectivity index (χ3v) is 5.56. The van der Waals surface area contributed by atoms with E-state index in [4.69, 9.17) is 4.74 Å². The molecule has 0 saturated heterocycles. The van der Waals surface area contributed by atoms with Crippen molar-refractivity contribution < 1.29 is 22.7 Å². The smallest absolute Gasteiger partial charge is 0.416 e. The number of esters is 1. The normalized spacial score (nSPS) is 21.0. The van der Waals surface area contributed by atoms with Crippen LogP contribution in [0.1, 0.15) is 53.2 Å². The van der Waals surface area contributed by atoms with Crippen LogP contribution in [0.2, 0.25) is 0 Å². The van der Waals surface area contributed by atoms with Crippen LogP contribution in [-0.2, 0) is 10.9 Å². The summed E-state index contributed by atoms with van der Waals surface area (Å²) in [4.78, 5) is 14.8. The summed E-state index contributed by atoms with van der Waals surface area (Å²) in [5.41, 5.74) is 0.532. The van der Waals surface area contributed by atoms with Gasteiger partial charge in [0.1, 0.15) is 6.10 Å². The molecule has 2 aromatic rings. The van der Waals surface area contributed by atoms with E-state index in [0.29, 0.717) is 0 Å². The van der Waals surface area contributed by atoms with E-state index in [1.165, 1.54) is 17.7 Å². The van der Waals surface area contributed by atoms with Crippen LogP contribution in [0.15, 0.2) is 54.6 Å². The van der Waals surface area contributed by atoms with Crippen molar-refractivity contribution in [1.29, 1.82) is 0 Å². The van der Waals surface area contributed by atoms with Gasteiger partial charge in [0, 0.05) is 12.0 Å². The fourth-order valence-corrected chi connectivity index (χ4v) is 4.21. The number of carbonyl (C=O) groups is 1. The Kier molecular flexibility index (Phi) is 6.63. The second-order valence-corrected chi connectivity index (χ2v) is 7.79. The van der Waals surface area contributed by atoms with Crippen LogP contribution in [0, 0.1) is 5.92 Å². The van der Waals surface area contributed by atoms with E-state index < -0.39 is 17.7 Å². The fraction of sp³-hybridized carbons (Fsp3) is 0.435. The van der Waals surface area contributed by atoms with Crippen molar-refractivity contribution in [3.05, 3.63) is 71.3 Å². The standard InChI is InChI=1S/C23H26F3NO2/c1-27(2)21(16-8-4-3-5-9-16)19-10-6-7-11-20(19)29-22(28)17-12-14-18(15-13-17)23(24,25)26/h3-5,8-9,12-15,19-21H,6-7,10-11H2,1-2H3/t19-,20+,21+/m0/s1. The Morgan fingerprint density at radius 1 is 1.00 bits per heavy atom. The molecule has 156 valence electrons. The summed E-state index contributed by atoms with van der Waals surface area (Å²) in [6, 6.07) is 14.4. The lowest BCUT2D eigenvalue weighted by Crippen LogP contribution is -2.39. The van der Waals surface area contributed by atoms with Gasteiger partial charge in [0.15, 0.2) is 0 Å². The van der Waals surface area contributed by atoms with Crippen molar-refractivity contribution in [2.45, 2.75) is 44.0 Å². The van der Waals surface area contributed by atoms with Gasteiger partial charge >= 0.3 is 12.1 Å². The third-order valence-electron chi connectivity index (χ3n) is 5.56. The van der Waals surface area contributed by atoms with Gasteiger partial charge in [-0.1, -0.05) is 36.8 Å². The van der Waals surface area contributed by atoms with Gasteiger partial charge < -0.3 is 9.64 Å². The molecule has 1 saturated carbocycles. The summed E-state index contributed by atoms with van der Waals surface area (Å²) in [5.74, 6) is -0.444. The van der Waals surface area contributed by atoms with E-state index in [2.05, 4.69) is 17.0 Å². The van der Waals surface area contributed by atoms with Crippen LogP contribution in [-0.4, -0.2) is 31.1 Å². The van der Waals surface area contributed by atoms with E-state index in [1.54, 1.807) is 0 Å². The average Bonchev–Trinajstić information content (AvgIpc) is 2.69.